The van der Waals surface area contributed by atoms with Crippen molar-refractivity contribution in [3.05, 3.63) is 29.0 Å². The molecule has 5 heteroatoms. The minimum atomic E-state index is 0.0391. The lowest BCUT2D eigenvalue weighted by Gasteiger charge is -2.36. The highest BCUT2D eigenvalue weighted by molar-refractivity contribution is 6.33. The Morgan fingerprint density at radius 2 is 1.90 bits per heavy atom. The summed E-state index contributed by atoms with van der Waals surface area (Å²) in [6.45, 7) is 4.13. The SMILES string of the molecule is O=C(c1ccncc1Cl)N1CCC(N2CCCC2)CC1. The van der Waals surface area contributed by atoms with Crippen LogP contribution in [0, 0.1) is 0 Å². The fraction of sp³-hybridized carbons (Fsp3) is 0.600. The summed E-state index contributed by atoms with van der Waals surface area (Å²) in [5.74, 6) is 0.0391. The van der Waals surface area contributed by atoms with Gasteiger partial charge in [-0.15, -0.1) is 0 Å². The zero-order chi connectivity index (χ0) is 13.9. The molecule has 3 rings (SSSR count). The molecule has 4 nitrogen and oxygen atoms in total. The Bertz CT molecular complexity index is 480. The van der Waals surface area contributed by atoms with E-state index in [2.05, 4.69) is 9.88 Å². The van der Waals surface area contributed by atoms with Gasteiger partial charge in [0.15, 0.2) is 0 Å². The molecular formula is C15H20ClN3O. The molecule has 1 aromatic heterocycles. The van der Waals surface area contributed by atoms with Crippen LogP contribution in [0.15, 0.2) is 18.5 Å². The monoisotopic (exact) mass is 293 g/mol. The van der Waals surface area contributed by atoms with Crippen molar-refractivity contribution in [2.45, 2.75) is 31.7 Å². The Kier molecular flexibility index (Phi) is 4.22. The first-order chi connectivity index (χ1) is 9.75. The number of pyridine rings is 1. The van der Waals surface area contributed by atoms with E-state index in [1.807, 2.05) is 4.90 Å². The van der Waals surface area contributed by atoms with Gasteiger partial charge in [-0.05, 0) is 44.8 Å². The maximum absolute atomic E-state index is 12.4. The second kappa shape index (κ2) is 6.10. The molecule has 2 aliphatic rings. The van der Waals surface area contributed by atoms with E-state index in [9.17, 15) is 4.79 Å². The number of amides is 1. The Morgan fingerprint density at radius 1 is 1.20 bits per heavy atom. The minimum absolute atomic E-state index is 0.0391. The van der Waals surface area contributed by atoms with E-state index >= 15 is 0 Å². The van der Waals surface area contributed by atoms with Crippen molar-refractivity contribution < 1.29 is 4.79 Å². The van der Waals surface area contributed by atoms with Gasteiger partial charge in [0.25, 0.3) is 5.91 Å². The largest absolute Gasteiger partial charge is 0.338 e. The molecule has 0 saturated carbocycles. The number of hydrogen-bond acceptors (Lipinski definition) is 3. The lowest BCUT2D eigenvalue weighted by molar-refractivity contribution is 0.0644. The second-order valence-electron chi connectivity index (χ2n) is 5.62. The van der Waals surface area contributed by atoms with Crippen LogP contribution in [-0.4, -0.2) is 52.9 Å². The summed E-state index contributed by atoms with van der Waals surface area (Å²) in [7, 11) is 0. The number of aromatic nitrogens is 1. The van der Waals surface area contributed by atoms with Gasteiger partial charge in [-0.25, -0.2) is 0 Å². The molecule has 108 valence electrons. The van der Waals surface area contributed by atoms with Crippen LogP contribution in [0.25, 0.3) is 0 Å². The Balaban J connectivity index is 1.60. The van der Waals surface area contributed by atoms with Crippen molar-refractivity contribution in [3.63, 3.8) is 0 Å². The van der Waals surface area contributed by atoms with Gasteiger partial charge >= 0.3 is 0 Å². The van der Waals surface area contributed by atoms with Gasteiger partial charge in [0.1, 0.15) is 0 Å². The van der Waals surface area contributed by atoms with Gasteiger partial charge in [0, 0.05) is 31.5 Å². The van der Waals surface area contributed by atoms with E-state index in [1.165, 1.54) is 32.1 Å². The molecule has 2 fully saturated rings. The van der Waals surface area contributed by atoms with Crippen molar-refractivity contribution in [2.24, 2.45) is 0 Å². The summed E-state index contributed by atoms with van der Waals surface area (Å²) >= 11 is 6.05. The van der Waals surface area contributed by atoms with Crippen LogP contribution < -0.4 is 0 Å². The number of halogens is 1. The second-order valence-corrected chi connectivity index (χ2v) is 6.03. The predicted octanol–water partition coefficient (Wildman–Crippen LogP) is 2.44. The van der Waals surface area contributed by atoms with Gasteiger partial charge in [0.2, 0.25) is 0 Å². The number of rotatable bonds is 2. The normalized spacial score (nSPS) is 21.4. The van der Waals surface area contributed by atoms with Gasteiger partial charge < -0.3 is 9.80 Å². The van der Waals surface area contributed by atoms with Gasteiger partial charge in [0.05, 0.1) is 10.6 Å². The van der Waals surface area contributed by atoms with E-state index in [0.29, 0.717) is 16.6 Å². The van der Waals surface area contributed by atoms with Gasteiger partial charge in [-0.1, -0.05) is 11.6 Å². The summed E-state index contributed by atoms with van der Waals surface area (Å²) in [6, 6.07) is 2.37. The highest BCUT2D eigenvalue weighted by atomic mass is 35.5. The van der Waals surface area contributed by atoms with Crippen LogP contribution in [-0.2, 0) is 0 Å². The summed E-state index contributed by atoms with van der Waals surface area (Å²) in [6.07, 6.45) is 7.96. The van der Waals surface area contributed by atoms with Crippen LogP contribution in [0.5, 0.6) is 0 Å². The van der Waals surface area contributed by atoms with Crippen LogP contribution in [0.2, 0.25) is 5.02 Å². The third kappa shape index (κ3) is 2.81. The number of piperidine rings is 1. The molecule has 0 aliphatic carbocycles. The summed E-state index contributed by atoms with van der Waals surface area (Å²) < 4.78 is 0. The fourth-order valence-electron chi connectivity index (χ4n) is 3.26. The molecule has 0 bridgehead atoms. The van der Waals surface area contributed by atoms with E-state index in [4.69, 9.17) is 11.6 Å². The summed E-state index contributed by atoms with van der Waals surface area (Å²) in [5.41, 5.74) is 0.571. The zero-order valence-corrected chi connectivity index (χ0v) is 12.4. The first-order valence-electron chi connectivity index (χ1n) is 7.38. The number of nitrogens with zero attached hydrogens (tertiary/aromatic N) is 3. The van der Waals surface area contributed by atoms with E-state index in [-0.39, 0.29) is 5.91 Å². The maximum atomic E-state index is 12.4. The number of carbonyl (C=O) groups excluding carboxylic acids is 1. The standard InChI is InChI=1S/C15H20ClN3O/c16-14-11-17-6-3-13(14)15(20)19-9-4-12(5-10-19)18-7-1-2-8-18/h3,6,11-12H,1-2,4-5,7-10H2. The fourth-order valence-corrected chi connectivity index (χ4v) is 3.46. The summed E-state index contributed by atoms with van der Waals surface area (Å²) in [5, 5.41) is 0.444. The molecule has 0 radical (unpaired) electrons. The van der Waals surface area contributed by atoms with Gasteiger partial charge in [-0.3, -0.25) is 9.78 Å². The molecule has 1 aromatic rings. The molecule has 2 saturated heterocycles. The first kappa shape index (κ1) is 13.8. The van der Waals surface area contributed by atoms with Crippen LogP contribution in [0.1, 0.15) is 36.0 Å². The Morgan fingerprint density at radius 3 is 2.55 bits per heavy atom. The molecule has 0 N–H and O–H groups in total. The average molecular weight is 294 g/mol. The molecule has 20 heavy (non-hydrogen) atoms. The first-order valence-corrected chi connectivity index (χ1v) is 7.76. The average Bonchev–Trinajstić information content (AvgIpc) is 3.01. The lowest BCUT2D eigenvalue weighted by atomic mass is 10.0. The third-order valence-corrected chi connectivity index (χ3v) is 4.71. The van der Waals surface area contributed by atoms with E-state index in [0.717, 1.165) is 25.9 Å². The van der Waals surface area contributed by atoms with E-state index in [1.54, 1.807) is 12.3 Å². The lowest BCUT2D eigenvalue weighted by Crippen LogP contribution is -2.45. The topological polar surface area (TPSA) is 36.4 Å². The van der Waals surface area contributed by atoms with Crippen LogP contribution in [0.3, 0.4) is 0 Å². The Labute approximate surface area is 124 Å². The molecule has 0 atom stereocenters. The highest BCUT2D eigenvalue weighted by Crippen LogP contribution is 2.23. The molecular weight excluding hydrogens is 274 g/mol. The maximum Gasteiger partial charge on any atom is 0.255 e. The van der Waals surface area contributed by atoms with Crippen LogP contribution in [0.4, 0.5) is 0 Å². The Hall–Kier alpha value is -1.13. The predicted molar refractivity (Wildman–Crippen MR) is 79.0 cm³/mol. The number of carbonyl (C=O) groups is 1. The number of likely N-dealkylation sites (tertiary alicyclic amines) is 2. The number of hydrogen-bond donors (Lipinski definition) is 0. The van der Waals surface area contributed by atoms with Gasteiger partial charge in [-0.2, -0.15) is 0 Å². The summed E-state index contributed by atoms with van der Waals surface area (Å²) in [4.78, 5) is 20.9. The molecule has 0 aromatic carbocycles. The molecule has 0 unspecified atom stereocenters. The smallest absolute Gasteiger partial charge is 0.255 e. The third-order valence-electron chi connectivity index (χ3n) is 4.41. The van der Waals surface area contributed by atoms with Crippen molar-refractivity contribution in [1.29, 1.82) is 0 Å². The van der Waals surface area contributed by atoms with Crippen molar-refractivity contribution in [2.75, 3.05) is 26.2 Å². The zero-order valence-electron chi connectivity index (χ0n) is 11.6. The highest BCUT2D eigenvalue weighted by Gasteiger charge is 2.29. The van der Waals surface area contributed by atoms with Crippen LogP contribution >= 0.6 is 11.6 Å². The quantitative estimate of drug-likeness (QED) is 0.840. The van der Waals surface area contributed by atoms with Crippen molar-refractivity contribution in [1.82, 2.24) is 14.8 Å². The molecule has 1 amide bonds. The molecule has 3 heterocycles. The van der Waals surface area contributed by atoms with E-state index < -0.39 is 0 Å². The van der Waals surface area contributed by atoms with Crippen molar-refractivity contribution >= 4 is 17.5 Å². The minimum Gasteiger partial charge on any atom is -0.338 e. The molecule has 0 spiro atoms. The molecule has 2 aliphatic heterocycles. The van der Waals surface area contributed by atoms with Crippen molar-refractivity contribution in [3.8, 4) is 0 Å².